The Balaban J connectivity index is 2.51. The highest BCUT2D eigenvalue weighted by molar-refractivity contribution is 4.87. The second-order valence-corrected chi connectivity index (χ2v) is 4.70. The minimum absolute atomic E-state index is 0.591. The predicted molar refractivity (Wildman–Crippen MR) is 57.9 cm³/mol. The maximum Gasteiger partial charge on any atom is 0.0221 e. The van der Waals surface area contributed by atoms with Crippen molar-refractivity contribution in [2.75, 3.05) is 13.6 Å². The molecule has 2 heteroatoms. The lowest BCUT2D eigenvalue weighted by molar-refractivity contribution is 0.169. The highest BCUT2D eigenvalue weighted by Crippen LogP contribution is 2.25. The topological polar surface area (TPSA) is 15.3 Å². The van der Waals surface area contributed by atoms with Gasteiger partial charge in [-0.1, -0.05) is 6.92 Å². The summed E-state index contributed by atoms with van der Waals surface area (Å²) in [5.41, 5.74) is 0. The van der Waals surface area contributed by atoms with Crippen LogP contribution in [0.4, 0.5) is 0 Å². The van der Waals surface area contributed by atoms with Gasteiger partial charge < -0.3 is 5.32 Å². The zero-order valence-electron chi connectivity index (χ0n) is 9.67. The fraction of sp³-hybridized carbons (Fsp3) is 1.00. The van der Waals surface area contributed by atoms with Gasteiger partial charge in [0.2, 0.25) is 0 Å². The van der Waals surface area contributed by atoms with Crippen LogP contribution in [0.3, 0.4) is 0 Å². The number of likely N-dealkylation sites (N-methyl/N-ethyl adjacent to an activating group) is 1. The fourth-order valence-corrected chi connectivity index (χ4v) is 2.43. The van der Waals surface area contributed by atoms with E-state index in [4.69, 9.17) is 0 Å². The number of nitrogens with zero attached hydrogens (tertiary/aromatic N) is 1. The molecule has 1 aliphatic heterocycles. The maximum atomic E-state index is 3.34. The molecule has 1 rings (SSSR count). The van der Waals surface area contributed by atoms with Crippen LogP contribution in [0.5, 0.6) is 0 Å². The molecule has 0 spiro atoms. The smallest absolute Gasteiger partial charge is 0.0221 e. The minimum atomic E-state index is 0.591. The quantitative estimate of drug-likeness (QED) is 0.718. The molecule has 1 aliphatic rings. The van der Waals surface area contributed by atoms with Gasteiger partial charge in [0.05, 0.1) is 0 Å². The predicted octanol–water partition coefficient (Wildman–Crippen LogP) is 1.71. The van der Waals surface area contributed by atoms with E-state index in [-0.39, 0.29) is 0 Å². The molecule has 0 aromatic carbocycles. The molecule has 0 aromatic rings. The molecule has 0 bridgehead atoms. The summed E-state index contributed by atoms with van der Waals surface area (Å²) in [6.45, 7) is 10.6. The van der Waals surface area contributed by atoms with E-state index in [1.165, 1.54) is 13.0 Å². The Labute approximate surface area is 82.7 Å². The lowest BCUT2D eigenvalue weighted by atomic mass is 10.1. The first-order valence-electron chi connectivity index (χ1n) is 5.49. The maximum absolute atomic E-state index is 3.34. The van der Waals surface area contributed by atoms with Crippen LogP contribution in [0.15, 0.2) is 0 Å². The van der Waals surface area contributed by atoms with E-state index in [1.54, 1.807) is 0 Å². The molecule has 4 atom stereocenters. The summed E-state index contributed by atoms with van der Waals surface area (Å²) >= 11 is 0. The highest BCUT2D eigenvalue weighted by atomic mass is 15.2. The molecule has 0 saturated carbocycles. The Morgan fingerprint density at radius 1 is 1.31 bits per heavy atom. The summed E-state index contributed by atoms with van der Waals surface area (Å²) in [7, 11) is 2.05. The standard InChI is InChI=1S/C11H24N2/c1-8-6-9(2)13(7-8)11(4)10(3)12-5/h8-12H,6-7H2,1-5H3. The van der Waals surface area contributed by atoms with Gasteiger partial charge in [-0.15, -0.1) is 0 Å². The fourth-order valence-electron chi connectivity index (χ4n) is 2.43. The molecular weight excluding hydrogens is 160 g/mol. The molecule has 1 saturated heterocycles. The third-order valence-corrected chi connectivity index (χ3v) is 3.53. The first-order chi connectivity index (χ1) is 6.06. The minimum Gasteiger partial charge on any atom is -0.316 e. The number of hydrogen-bond acceptors (Lipinski definition) is 2. The summed E-state index contributed by atoms with van der Waals surface area (Å²) in [6.07, 6.45) is 1.36. The van der Waals surface area contributed by atoms with Crippen molar-refractivity contribution in [2.45, 2.75) is 52.2 Å². The molecule has 0 radical (unpaired) electrons. The van der Waals surface area contributed by atoms with Gasteiger partial charge in [0.25, 0.3) is 0 Å². The molecule has 1 heterocycles. The zero-order chi connectivity index (χ0) is 10.0. The average molecular weight is 184 g/mol. The van der Waals surface area contributed by atoms with E-state index >= 15 is 0 Å². The van der Waals surface area contributed by atoms with Gasteiger partial charge in [0.1, 0.15) is 0 Å². The van der Waals surface area contributed by atoms with E-state index < -0.39 is 0 Å². The van der Waals surface area contributed by atoms with Crippen molar-refractivity contribution >= 4 is 0 Å². The summed E-state index contributed by atoms with van der Waals surface area (Å²) in [5, 5.41) is 3.34. The molecule has 1 N–H and O–H groups in total. The second-order valence-electron chi connectivity index (χ2n) is 4.70. The normalized spacial score (nSPS) is 34.8. The van der Waals surface area contributed by atoms with Gasteiger partial charge in [0.15, 0.2) is 0 Å². The molecule has 0 aliphatic carbocycles. The van der Waals surface area contributed by atoms with Crippen LogP contribution in [0.2, 0.25) is 0 Å². The van der Waals surface area contributed by atoms with Crippen molar-refractivity contribution in [3.8, 4) is 0 Å². The van der Waals surface area contributed by atoms with Crippen LogP contribution < -0.4 is 5.32 Å². The van der Waals surface area contributed by atoms with E-state index in [2.05, 4.69) is 37.9 Å². The Morgan fingerprint density at radius 2 is 1.92 bits per heavy atom. The van der Waals surface area contributed by atoms with Crippen LogP contribution in [-0.4, -0.2) is 36.6 Å². The molecule has 13 heavy (non-hydrogen) atoms. The number of rotatable bonds is 3. The Hall–Kier alpha value is -0.0800. The molecule has 2 nitrogen and oxygen atoms in total. The molecule has 0 aromatic heterocycles. The first kappa shape index (κ1) is 11.0. The first-order valence-corrected chi connectivity index (χ1v) is 5.49. The van der Waals surface area contributed by atoms with Crippen LogP contribution in [0.25, 0.3) is 0 Å². The summed E-state index contributed by atoms with van der Waals surface area (Å²) < 4.78 is 0. The van der Waals surface area contributed by atoms with Crippen molar-refractivity contribution in [2.24, 2.45) is 5.92 Å². The molecule has 4 unspecified atom stereocenters. The monoisotopic (exact) mass is 184 g/mol. The number of likely N-dealkylation sites (tertiary alicyclic amines) is 1. The SMILES string of the molecule is CNC(C)C(C)N1CC(C)CC1C. The van der Waals surface area contributed by atoms with Gasteiger partial charge in [0, 0.05) is 24.7 Å². The van der Waals surface area contributed by atoms with Gasteiger partial charge >= 0.3 is 0 Å². The van der Waals surface area contributed by atoms with Gasteiger partial charge in [-0.05, 0) is 40.2 Å². The van der Waals surface area contributed by atoms with Gasteiger partial charge in [-0.3, -0.25) is 4.90 Å². The van der Waals surface area contributed by atoms with E-state index in [0.29, 0.717) is 12.1 Å². The Kier molecular flexibility index (Phi) is 3.74. The largest absolute Gasteiger partial charge is 0.316 e. The summed E-state index contributed by atoms with van der Waals surface area (Å²) in [5.74, 6) is 0.876. The summed E-state index contributed by atoms with van der Waals surface area (Å²) in [4.78, 5) is 2.63. The third kappa shape index (κ3) is 2.44. The Morgan fingerprint density at radius 3 is 2.31 bits per heavy atom. The highest BCUT2D eigenvalue weighted by Gasteiger charge is 2.31. The average Bonchev–Trinajstić information content (AvgIpc) is 2.42. The van der Waals surface area contributed by atoms with Crippen molar-refractivity contribution in [1.82, 2.24) is 10.2 Å². The van der Waals surface area contributed by atoms with Gasteiger partial charge in [-0.25, -0.2) is 0 Å². The zero-order valence-corrected chi connectivity index (χ0v) is 9.67. The second kappa shape index (κ2) is 4.43. The lowest BCUT2D eigenvalue weighted by Gasteiger charge is -2.32. The van der Waals surface area contributed by atoms with E-state index in [0.717, 1.165) is 12.0 Å². The third-order valence-electron chi connectivity index (χ3n) is 3.53. The van der Waals surface area contributed by atoms with Crippen molar-refractivity contribution in [3.05, 3.63) is 0 Å². The van der Waals surface area contributed by atoms with Crippen LogP contribution in [0, 0.1) is 5.92 Å². The number of hydrogen-bond donors (Lipinski definition) is 1. The van der Waals surface area contributed by atoms with E-state index in [9.17, 15) is 0 Å². The van der Waals surface area contributed by atoms with Crippen molar-refractivity contribution in [3.63, 3.8) is 0 Å². The molecular formula is C11H24N2. The molecule has 78 valence electrons. The van der Waals surface area contributed by atoms with Crippen LogP contribution in [-0.2, 0) is 0 Å². The van der Waals surface area contributed by atoms with E-state index in [1.807, 2.05) is 7.05 Å². The van der Waals surface area contributed by atoms with Crippen LogP contribution in [0.1, 0.15) is 34.1 Å². The summed E-state index contributed by atoms with van der Waals surface area (Å²) in [6, 6.07) is 2.01. The van der Waals surface area contributed by atoms with Crippen LogP contribution >= 0.6 is 0 Å². The van der Waals surface area contributed by atoms with Crippen molar-refractivity contribution < 1.29 is 0 Å². The Bertz CT molecular complexity index is 158. The lowest BCUT2D eigenvalue weighted by Crippen LogP contribution is -2.47. The molecule has 1 fully saturated rings. The molecule has 0 amide bonds. The number of nitrogens with one attached hydrogen (secondary N) is 1. The van der Waals surface area contributed by atoms with Crippen molar-refractivity contribution in [1.29, 1.82) is 0 Å². The van der Waals surface area contributed by atoms with Gasteiger partial charge in [-0.2, -0.15) is 0 Å².